The van der Waals surface area contributed by atoms with E-state index in [1.165, 1.54) is 7.11 Å². The van der Waals surface area contributed by atoms with Gasteiger partial charge in [-0.15, -0.1) is 0 Å². The number of pyridine rings is 1. The number of amides is 1. The van der Waals surface area contributed by atoms with Crippen LogP contribution in [0.3, 0.4) is 0 Å². The van der Waals surface area contributed by atoms with Crippen molar-refractivity contribution in [3.8, 4) is 0 Å². The Hall–Kier alpha value is -2.37. The number of imidazole rings is 1. The Morgan fingerprint density at radius 1 is 1.38 bits per heavy atom. The summed E-state index contributed by atoms with van der Waals surface area (Å²) in [6, 6.07) is 5.72. The molecule has 0 saturated heterocycles. The average molecular weight is 289 g/mol. The van der Waals surface area contributed by atoms with Crippen molar-refractivity contribution in [2.75, 3.05) is 20.2 Å². The van der Waals surface area contributed by atoms with E-state index in [4.69, 9.17) is 0 Å². The Kier molecular flexibility index (Phi) is 4.57. The van der Waals surface area contributed by atoms with Crippen LogP contribution in [0, 0.1) is 6.92 Å². The predicted octanol–water partition coefficient (Wildman–Crippen LogP) is 1.67. The topological polar surface area (TPSA) is 63.9 Å². The first-order chi connectivity index (χ1) is 10.1. The summed E-state index contributed by atoms with van der Waals surface area (Å²) in [7, 11) is 1.34. The standard InChI is InChI=1S/C15H19N3O3/c1-4-17(9-8-14(19)21-3)15(20)12-10-18-11(2)6-5-7-13(18)16-12/h5-7,10H,4,8-9H2,1-3H3. The van der Waals surface area contributed by atoms with E-state index in [9.17, 15) is 9.59 Å². The lowest BCUT2D eigenvalue weighted by atomic mass is 10.3. The van der Waals surface area contributed by atoms with Gasteiger partial charge in [0, 0.05) is 25.0 Å². The van der Waals surface area contributed by atoms with Crippen LogP contribution >= 0.6 is 0 Å². The number of esters is 1. The number of ether oxygens (including phenoxy) is 1. The van der Waals surface area contributed by atoms with Gasteiger partial charge in [-0.25, -0.2) is 4.98 Å². The fraction of sp³-hybridized carbons (Fsp3) is 0.400. The van der Waals surface area contributed by atoms with Crippen LogP contribution in [0.25, 0.3) is 5.65 Å². The molecule has 0 radical (unpaired) electrons. The molecule has 0 N–H and O–H groups in total. The van der Waals surface area contributed by atoms with Gasteiger partial charge < -0.3 is 14.0 Å². The van der Waals surface area contributed by atoms with Crippen molar-refractivity contribution < 1.29 is 14.3 Å². The number of hydrogen-bond donors (Lipinski definition) is 0. The number of nitrogens with zero attached hydrogens (tertiary/aromatic N) is 3. The van der Waals surface area contributed by atoms with Crippen molar-refractivity contribution in [3.05, 3.63) is 35.8 Å². The van der Waals surface area contributed by atoms with Gasteiger partial charge in [-0.05, 0) is 26.0 Å². The second kappa shape index (κ2) is 6.39. The van der Waals surface area contributed by atoms with Crippen molar-refractivity contribution in [2.45, 2.75) is 20.3 Å². The van der Waals surface area contributed by atoms with Crippen LogP contribution in [-0.4, -0.2) is 46.4 Å². The van der Waals surface area contributed by atoms with Crippen LogP contribution in [0.5, 0.6) is 0 Å². The molecule has 6 nitrogen and oxygen atoms in total. The highest BCUT2D eigenvalue weighted by atomic mass is 16.5. The predicted molar refractivity (Wildman–Crippen MR) is 78.1 cm³/mol. The number of carbonyl (C=O) groups excluding carboxylic acids is 2. The zero-order valence-electron chi connectivity index (χ0n) is 12.5. The van der Waals surface area contributed by atoms with E-state index in [-0.39, 0.29) is 18.3 Å². The molecule has 1 amide bonds. The van der Waals surface area contributed by atoms with Gasteiger partial charge in [-0.3, -0.25) is 9.59 Å². The second-order valence-electron chi connectivity index (χ2n) is 4.73. The quantitative estimate of drug-likeness (QED) is 0.785. The molecule has 0 aliphatic carbocycles. The van der Waals surface area contributed by atoms with Crippen LogP contribution in [0.4, 0.5) is 0 Å². The Morgan fingerprint density at radius 3 is 2.76 bits per heavy atom. The molecule has 0 bridgehead atoms. The maximum absolute atomic E-state index is 12.5. The van der Waals surface area contributed by atoms with Crippen LogP contribution in [-0.2, 0) is 9.53 Å². The number of hydrogen-bond acceptors (Lipinski definition) is 4. The Balaban J connectivity index is 2.19. The van der Waals surface area contributed by atoms with Crippen molar-refractivity contribution in [3.63, 3.8) is 0 Å². The molecule has 2 heterocycles. The summed E-state index contributed by atoms with van der Waals surface area (Å²) in [6.07, 6.45) is 1.91. The van der Waals surface area contributed by atoms with Gasteiger partial charge >= 0.3 is 5.97 Å². The van der Waals surface area contributed by atoms with E-state index in [0.717, 1.165) is 11.3 Å². The van der Waals surface area contributed by atoms with Gasteiger partial charge in [0.1, 0.15) is 11.3 Å². The molecule has 21 heavy (non-hydrogen) atoms. The van der Waals surface area contributed by atoms with E-state index in [0.29, 0.717) is 18.8 Å². The van der Waals surface area contributed by atoms with Gasteiger partial charge in [0.25, 0.3) is 5.91 Å². The van der Waals surface area contributed by atoms with Crippen molar-refractivity contribution in [1.29, 1.82) is 0 Å². The molecule has 112 valence electrons. The lowest BCUT2D eigenvalue weighted by Crippen LogP contribution is -2.33. The third-order valence-electron chi connectivity index (χ3n) is 3.40. The maximum Gasteiger partial charge on any atom is 0.307 e. The molecule has 0 atom stereocenters. The fourth-order valence-corrected chi connectivity index (χ4v) is 2.14. The van der Waals surface area contributed by atoms with E-state index < -0.39 is 0 Å². The van der Waals surface area contributed by atoms with Crippen molar-refractivity contribution in [2.24, 2.45) is 0 Å². The largest absolute Gasteiger partial charge is 0.469 e. The molecule has 2 aromatic rings. The SMILES string of the molecule is CCN(CCC(=O)OC)C(=O)c1cn2c(C)cccc2n1. The van der Waals surface area contributed by atoms with E-state index in [2.05, 4.69) is 9.72 Å². The minimum atomic E-state index is -0.327. The van der Waals surface area contributed by atoms with E-state index >= 15 is 0 Å². The summed E-state index contributed by atoms with van der Waals surface area (Å²) in [5.41, 5.74) is 2.13. The summed E-state index contributed by atoms with van der Waals surface area (Å²) in [5.74, 6) is -0.503. The first-order valence-corrected chi connectivity index (χ1v) is 6.87. The molecule has 6 heteroatoms. The summed E-state index contributed by atoms with van der Waals surface area (Å²) >= 11 is 0. The molecular weight excluding hydrogens is 270 g/mol. The molecular formula is C15H19N3O3. The third-order valence-corrected chi connectivity index (χ3v) is 3.40. The zero-order chi connectivity index (χ0) is 15.4. The average Bonchev–Trinajstić information content (AvgIpc) is 2.93. The number of methoxy groups -OCH3 is 1. The monoisotopic (exact) mass is 289 g/mol. The summed E-state index contributed by atoms with van der Waals surface area (Å²) < 4.78 is 6.47. The van der Waals surface area contributed by atoms with Crippen LogP contribution in [0.2, 0.25) is 0 Å². The minimum absolute atomic E-state index is 0.176. The number of carbonyl (C=O) groups is 2. The van der Waals surface area contributed by atoms with Crippen molar-refractivity contribution >= 4 is 17.5 Å². The summed E-state index contributed by atoms with van der Waals surface area (Å²) in [5, 5.41) is 0. The number of aryl methyl sites for hydroxylation is 1. The smallest absolute Gasteiger partial charge is 0.307 e. The summed E-state index contributed by atoms with van der Waals surface area (Å²) in [6.45, 7) is 4.67. The lowest BCUT2D eigenvalue weighted by Gasteiger charge is -2.18. The van der Waals surface area contributed by atoms with Crippen LogP contribution < -0.4 is 0 Å². The molecule has 0 fully saturated rings. The fourth-order valence-electron chi connectivity index (χ4n) is 2.14. The molecule has 0 saturated carbocycles. The number of rotatable bonds is 5. The zero-order valence-corrected chi connectivity index (χ0v) is 12.5. The van der Waals surface area contributed by atoms with Gasteiger partial charge in [0.2, 0.25) is 0 Å². The molecule has 0 aliphatic rings. The van der Waals surface area contributed by atoms with Crippen LogP contribution in [0.15, 0.2) is 24.4 Å². The lowest BCUT2D eigenvalue weighted by molar-refractivity contribution is -0.140. The van der Waals surface area contributed by atoms with Crippen LogP contribution in [0.1, 0.15) is 29.5 Å². The number of aromatic nitrogens is 2. The maximum atomic E-state index is 12.5. The van der Waals surface area contributed by atoms with Crippen molar-refractivity contribution in [1.82, 2.24) is 14.3 Å². The normalized spacial score (nSPS) is 10.6. The first-order valence-electron chi connectivity index (χ1n) is 6.87. The van der Waals surface area contributed by atoms with Gasteiger partial charge in [0.05, 0.1) is 13.5 Å². The highest BCUT2D eigenvalue weighted by molar-refractivity contribution is 5.93. The molecule has 2 rings (SSSR count). The van der Waals surface area contributed by atoms with E-state index in [1.54, 1.807) is 11.1 Å². The number of fused-ring (bicyclic) bond motifs is 1. The molecule has 0 aromatic carbocycles. The van der Waals surface area contributed by atoms with E-state index in [1.807, 2.05) is 36.4 Å². The second-order valence-corrected chi connectivity index (χ2v) is 4.73. The molecule has 2 aromatic heterocycles. The molecule has 0 aliphatic heterocycles. The Morgan fingerprint density at radius 2 is 2.14 bits per heavy atom. The van der Waals surface area contributed by atoms with Gasteiger partial charge in [-0.1, -0.05) is 6.07 Å². The Labute approximate surface area is 123 Å². The minimum Gasteiger partial charge on any atom is -0.469 e. The summed E-state index contributed by atoms with van der Waals surface area (Å²) in [4.78, 5) is 29.6. The molecule has 0 spiro atoms. The highest BCUT2D eigenvalue weighted by Crippen LogP contribution is 2.11. The first kappa shape index (κ1) is 15.0. The van der Waals surface area contributed by atoms with Gasteiger partial charge in [0.15, 0.2) is 0 Å². The third kappa shape index (κ3) is 3.21. The van der Waals surface area contributed by atoms with Gasteiger partial charge in [-0.2, -0.15) is 0 Å². The molecule has 0 unspecified atom stereocenters. The Bertz CT molecular complexity index is 663. The highest BCUT2D eigenvalue weighted by Gasteiger charge is 2.18.